The van der Waals surface area contributed by atoms with Gasteiger partial charge in [0.2, 0.25) is 5.91 Å². The van der Waals surface area contributed by atoms with E-state index >= 15 is 0 Å². The topological polar surface area (TPSA) is 90.4 Å². The fraction of sp³-hybridized carbons (Fsp3) is 0.562. The van der Waals surface area contributed by atoms with Crippen LogP contribution in [0.15, 0.2) is 18.2 Å². The second-order valence-electron chi connectivity index (χ2n) is 5.94. The molecule has 0 atom stereocenters. The number of carbonyl (C=O) groups is 1. The standard InChI is InChI=1S/C16H25N3O2/c1-21-12-5-6-13(18)14(9-12)19-15(20)10-16(11-17)7-3-2-4-8-16/h5-6,9H,2-4,7-8,10-11,17-18H2,1H3,(H,19,20). The molecular formula is C16H25N3O2. The fourth-order valence-electron chi connectivity index (χ4n) is 3.06. The van der Waals surface area contributed by atoms with E-state index in [4.69, 9.17) is 16.2 Å². The van der Waals surface area contributed by atoms with Crippen LogP contribution in [0.5, 0.6) is 5.75 Å². The highest BCUT2D eigenvalue weighted by Crippen LogP contribution is 2.38. The average Bonchev–Trinajstić information content (AvgIpc) is 2.50. The Morgan fingerprint density at radius 1 is 1.33 bits per heavy atom. The van der Waals surface area contributed by atoms with E-state index in [1.54, 1.807) is 25.3 Å². The number of anilines is 2. The minimum Gasteiger partial charge on any atom is -0.497 e. The molecule has 0 spiro atoms. The number of ether oxygens (including phenoxy) is 1. The Morgan fingerprint density at radius 3 is 2.67 bits per heavy atom. The van der Waals surface area contributed by atoms with Crippen LogP contribution in [0.4, 0.5) is 11.4 Å². The molecule has 5 N–H and O–H groups in total. The molecule has 0 unspecified atom stereocenters. The van der Waals surface area contributed by atoms with E-state index in [2.05, 4.69) is 5.32 Å². The summed E-state index contributed by atoms with van der Waals surface area (Å²) in [6, 6.07) is 5.24. The Balaban J connectivity index is 2.04. The molecule has 2 rings (SSSR count). The van der Waals surface area contributed by atoms with Crippen LogP contribution in [-0.4, -0.2) is 19.6 Å². The van der Waals surface area contributed by atoms with Crippen molar-refractivity contribution in [2.75, 3.05) is 24.7 Å². The van der Waals surface area contributed by atoms with Crippen LogP contribution in [-0.2, 0) is 4.79 Å². The predicted octanol–water partition coefficient (Wildman–Crippen LogP) is 2.52. The van der Waals surface area contributed by atoms with Gasteiger partial charge in [0.15, 0.2) is 0 Å². The SMILES string of the molecule is COc1ccc(N)c(NC(=O)CC2(CN)CCCCC2)c1. The summed E-state index contributed by atoms with van der Waals surface area (Å²) in [5.74, 6) is 0.646. The molecule has 1 amide bonds. The van der Waals surface area contributed by atoms with Crippen molar-refractivity contribution in [2.45, 2.75) is 38.5 Å². The van der Waals surface area contributed by atoms with E-state index in [-0.39, 0.29) is 11.3 Å². The van der Waals surface area contributed by atoms with E-state index in [0.29, 0.717) is 30.1 Å². The largest absolute Gasteiger partial charge is 0.497 e. The van der Waals surface area contributed by atoms with Crippen LogP contribution < -0.4 is 21.5 Å². The van der Waals surface area contributed by atoms with Crippen LogP contribution >= 0.6 is 0 Å². The molecule has 0 radical (unpaired) electrons. The molecule has 116 valence electrons. The molecule has 0 bridgehead atoms. The zero-order valence-electron chi connectivity index (χ0n) is 12.7. The molecule has 21 heavy (non-hydrogen) atoms. The first-order chi connectivity index (χ1) is 10.1. The maximum atomic E-state index is 12.3. The van der Waals surface area contributed by atoms with E-state index < -0.39 is 0 Å². The molecular weight excluding hydrogens is 266 g/mol. The van der Waals surface area contributed by atoms with Gasteiger partial charge in [0.05, 0.1) is 18.5 Å². The zero-order valence-corrected chi connectivity index (χ0v) is 12.7. The van der Waals surface area contributed by atoms with E-state index in [1.807, 2.05) is 0 Å². The summed E-state index contributed by atoms with van der Waals surface area (Å²) in [6.45, 7) is 0.564. The van der Waals surface area contributed by atoms with Gasteiger partial charge in [-0.15, -0.1) is 0 Å². The number of benzene rings is 1. The third-order valence-corrected chi connectivity index (χ3v) is 4.42. The van der Waals surface area contributed by atoms with E-state index in [0.717, 1.165) is 25.7 Å². The van der Waals surface area contributed by atoms with Crippen LogP contribution in [0.25, 0.3) is 0 Å². The third kappa shape index (κ3) is 3.88. The Morgan fingerprint density at radius 2 is 2.05 bits per heavy atom. The quantitative estimate of drug-likeness (QED) is 0.727. The monoisotopic (exact) mass is 291 g/mol. The number of hydrogen-bond acceptors (Lipinski definition) is 4. The van der Waals surface area contributed by atoms with Crippen LogP contribution in [0.3, 0.4) is 0 Å². The second-order valence-corrected chi connectivity index (χ2v) is 5.94. The lowest BCUT2D eigenvalue weighted by molar-refractivity contribution is -0.118. The molecule has 5 nitrogen and oxygen atoms in total. The number of amides is 1. The van der Waals surface area contributed by atoms with Crippen LogP contribution in [0.2, 0.25) is 0 Å². The van der Waals surface area contributed by atoms with Crippen molar-refractivity contribution in [3.8, 4) is 5.75 Å². The van der Waals surface area contributed by atoms with Crippen molar-refractivity contribution in [1.29, 1.82) is 0 Å². The summed E-state index contributed by atoms with van der Waals surface area (Å²) >= 11 is 0. The third-order valence-electron chi connectivity index (χ3n) is 4.42. The van der Waals surface area contributed by atoms with Gasteiger partial charge in [-0.2, -0.15) is 0 Å². The fourth-order valence-corrected chi connectivity index (χ4v) is 3.06. The summed E-state index contributed by atoms with van der Waals surface area (Å²) in [5, 5.41) is 2.89. The van der Waals surface area contributed by atoms with E-state index in [9.17, 15) is 4.79 Å². The molecule has 0 aliphatic heterocycles. The molecule has 0 heterocycles. The van der Waals surface area contributed by atoms with Gasteiger partial charge < -0.3 is 21.5 Å². The summed E-state index contributed by atoms with van der Waals surface area (Å²) in [7, 11) is 1.59. The first-order valence-electron chi connectivity index (χ1n) is 7.52. The summed E-state index contributed by atoms with van der Waals surface area (Å²) in [5.41, 5.74) is 12.9. The molecule has 1 fully saturated rings. The highest BCUT2D eigenvalue weighted by molar-refractivity contribution is 5.94. The number of carbonyl (C=O) groups excluding carboxylic acids is 1. The van der Waals surface area contributed by atoms with Crippen molar-refractivity contribution in [1.82, 2.24) is 0 Å². The Labute approximate surface area is 126 Å². The summed E-state index contributed by atoms with van der Waals surface area (Å²) < 4.78 is 5.16. The lowest BCUT2D eigenvalue weighted by Crippen LogP contribution is -2.36. The van der Waals surface area contributed by atoms with Gasteiger partial charge in [-0.1, -0.05) is 19.3 Å². The van der Waals surface area contributed by atoms with E-state index in [1.165, 1.54) is 6.42 Å². The molecule has 0 aromatic heterocycles. The molecule has 1 aliphatic rings. The maximum absolute atomic E-state index is 12.3. The van der Waals surface area contributed by atoms with Crippen molar-refractivity contribution in [3.05, 3.63) is 18.2 Å². The molecule has 1 aliphatic carbocycles. The number of methoxy groups -OCH3 is 1. The van der Waals surface area contributed by atoms with Gasteiger partial charge in [-0.05, 0) is 36.9 Å². The first kappa shape index (κ1) is 15.6. The molecule has 0 saturated heterocycles. The van der Waals surface area contributed by atoms with Gasteiger partial charge >= 0.3 is 0 Å². The zero-order chi connectivity index (χ0) is 15.3. The van der Waals surface area contributed by atoms with Gasteiger partial charge in [-0.3, -0.25) is 4.79 Å². The smallest absolute Gasteiger partial charge is 0.225 e. The number of hydrogen-bond donors (Lipinski definition) is 3. The van der Waals surface area contributed by atoms with Crippen molar-refractivity contribution >= 4 is 17.3 Å². The van der Waals surface area contributed by atoms with Crippen LogP contribution in [0.1, 0.15) is 38.5 Å². The van der Waals surface area contributed by atoms with Crippen molar-refractivity contribution in [3.63, 3.8) is 0 Å². The lowest BCUT2D eigenvalue weighted by Gasteiger charge is -2.35. The number of nitrogens with two attached hydrogens (primary N) is 2. The minimum atomic E-state index is -0.0457. The van der Waals surface area contributed by atoms with Gasteiger partial charge in [0.25, 0.3) is 0 Å². The number of nitrogens with one attached hydrogen (secondary N) is 1. The normalized spacial score (nSPS) is 17.2. The van der Waals surface area contributed by atoms with Gasteiger partial charge in [0, 0.05) is 12.5 Å². The highest BCUT2D eigenvalue weighted by atomic mass is 16.5. The predicted molar refractivity (Wildman–Crippen MR) is 85.2 cm³/mol. The lowest BCUT2D eigenvalue weighted by atomic mass is 9.71. The van der Waals surface area contributed by atoms with Gasteiger partial charge in [0.1, 0.15) is 5.75 Å². The second kappa shape index (κ2) is 6.80. The number of nitrogen functional groups attached to an aromatic ring is 1. The molecule has 1 aromatic rings. The molecule has 5 heteroatoms. The van der Waals surface area contributed by atoms with Gasteiger partial charge in [-0.25, -0.2) is 0 Å². The van der Waals surface area contributed by atoms with Crippen LogP contribution in [0, 0.1) is 5.41 Å². The Bertz CT molecular complexity index is 496. The van der Waals surface area contributed by atoms with Crippen molar-refractivity contribution < 1.29 is 9.53 Å². The first-order valence-corrected chi connectivity index (χ1v) is 7.52. The Hall–Kier alpha value is -1.75. The van der Waals surface area contributed by atoms with Crippen molar-refractivity contribution in [2.24, 2.45) is 11.1 Å². The molecule has 1 saturated carbocycles. The maximum Gasteiger partial charge on any atom is 0.225 e. The minimum absolute atomic E-state index is 0.0256. The highest BCUT2D eigenvalue weighted by Gasteiger charge is 2.33. The summed E-state index contributed by atoms with van der Waals surface area (Å²) in [4.78, 5) is 12.3. The number of rotatable bonds is 5. The average molecular weight is 291 g/mol. The molecule has 1 aromatic carbocycles. The summed E-state index contributed by atoms with van der Waals surface area (Å²) in [6.07, 6.45) is 6.08. The Kier molecular flexibility index (Phi) is 5.07.